The highest BCUT2D eigenvalue weighted by Crippen LogP contribution is 2.31. The highest BCUT2D eigenvalue weighted by Gasteiger charge is 2.27. The topological polar surface area (TPSA) is 80.2 Å². The van der Waals surface area contributed by atoms with E-state index in [9.17, 15) is 9.90 Å². The number of phenolic OH excluding ortho intramolecular Hbond substituents is 1. The number of halogens is 2. The lowest BCUT2D eigenvalue weighted by Gasteiger charge is -2.24. The first-order valence-corrected chi connectivity index (χ1v) is 8.11. The van der Waals surface area contributed by atoms with E-state index >= 15 is 0 Å². The molecule has 1 atom stereocenters. The molecule has 0 radical (unpaired) electrons. The average molecular weight is 412 g/mol. The van der Waals surface area contributed by atoms with Gasteiger partial charge in [0, 0.05) is 10.0 Å². The second-order valence-corrected chi connectivity index (χ2v) is 6.25. The van der Waals surface area contributed by atoms with Crippen LogP contribution in [0.2, 0.25) is 5.02 Å². The first-order chi connectivity index (χ1) is 11.5. The summed E-state index contributed by atoms with van der Waals surface area (Å²) in [6, 6.07) is 10.3. The summed E-state index contributed by atoms with van der Waals surface area (Å²) in [6.45, 7) is 0.0896. The number of carbonyl (C=O) groups is 1. The SMILES string of the molecule is O=C(N/N=C/c1cc(Br)cc(Cl)c1O)[C@H]1COc2ccccc2O1. The molecule has 24 heavy (non-hydrogen) atoms. The molecule has 0 saturated carbocycles. The molecule has 6 nitrogen and oxygen atoms in total. The largest absolute Gasteiger partial charge is 0.506 e. The van der Waals surface area contributed by atoms with Gasteiger partial charge in [-0.3, -0.25) is 4.79 Å². The summed E-state index contributed by atoms with van der Waals surface area (Å²) in [5.74, 6) is 0.522. The number of rotatable bonds is 3. The van der Waals surface area contributed by atoms with Gasteiger partial charge in [0.05, 0.1) is 11.2 Å². The van der Waals surface area contributed by atoms with Crippen LogP contribution in [0.15, 0.2) is 46.0 Å². The van der Waals surface area contributed by atoms with Crippen molar-refractivity contribution in [3.05, 3.63) is 51.5 Å². The third-order valence-electron chi connectivity index (χ3n) is 3.24. The summed E-state index contributed by atoms with van der Waals surface area (Å²) in [4.78, 5) is 12.1. The predicted molar refractivity (Wildman–Crippen MR) is 92.9 cm³/mol. The van der Waals surface area contributed by atoms with E-state index in [2.05, 4.69) is 26.5 Å². The average Bonchev–Trinajstić information content (AvgIpc) is 2.58. The number of para-hydroxylation sites is 2. The normalized spacial score (nSPS) is 16.2. The fourth-order valence-electron chi connectivity index (χ4n) is 2.07. The Hall–Kier alpha value is -2.25. The molecule has 8 heteroatoms. The van der Waals surface area contributed by atoms with Crippen LogP contribution in [0.3, 0.4) is 0 Å². The van der Waals surface area contributed by atoms with Gasteiger partial charge in [0.15, 0.2) is 11.5 Å². The highest BCUT2D eigenvalue weighted by atomic mass is 79.9. The number of hydrogen-bond acceptors (Lipinski definition) is 5. The number of ether oxygens (including phenoxy) is 2. The lowest BCUT2D eigenvalue weighted by Crippen LogP contribution is -2.42. The van der Waals surface area contributed by atoms with Crippen molar-refractivity contribution in [2.24, 2.45) is 5.10 Å². The summed E-state index contributed by atoms with van der Waals surface area (Å²) in [6.07, 6.45) is 0.485. The molecular weight excluding hydrogens is 400 g/mol. The van der Waals surface area contributed by atoms with Crippen LogP contribution >= 0.6 is 27.5 Å². The molecule has 0 fully saturated rings. The Labute approximate surface area is 151 Å². The van der Waals surface area contributed by atoms with Gasteiger partial charge in [0.2, 0.25) is 6.10 Å². The van der Waals surface area contributed by atoms with E-state index in [0.717, 1.165) is 0 Å². The first kappa shape index (κ1) is 16.6. The maximum absolute atomic E-state index is 12.1. The third-order valence-corrected chi connectivity index (χ3v) is 3.98. The molecule has 1 amide bonds. The number of fused-ring (bicyclic) bond motifs is 1. The Morgan fingerprint density at radius 2 is 2.12 bits per heavy atom. The van der Waals surface area contributed by atoms with Crippen molar-refractivity contribution in [3.63, 3.8) is 0 Å². The molecule has 124 valence electrons. The number of nitrogens with one attached hydrogen (secondary N) is 1. The second kappa shape index (κ2) is 7.11. The lowest BCUT2D eigenvalue weighted by molar-refractivity contribution is -0.130. The van der Waals surface area contributed by atoms with Gasteiger partial charge in [-0.1, -0.05) is 39.7 Å². The van der Waals surface area contributed by atoms with Crippen molar-refractivity contribution in [2.75, 3.05) is 6.61 Å². The highest BCUT2D eigenvalue weighted by molar-refractivity contribution is 9.10. The molecule has 0 saturated heterocycles. The van der Waals surface area contributed by atoms with E-state index in [1.54, 1.807) is 30.3 Å². The number of hydrogen-bond donors (Lipinski definition) is 2. The van der Waals surface area contributed by atoms with Crippen LogP contribution in [0, 0.1) is 0 Å². The van der Waals surface area contributed by atoms with Crippen LogP contribution in [0.25, 0.3) is 0 Å². The number of hydrazone groups is 1. The fraction of sp³-hybridized carbons (Fsp3) is 0.125. The molecule has 0 spiro atoms. The van der Waals surface area contributed by atoms with Crippen molar-refractivity contribution in [1.82, 2.24) is 5.43 Å². The van der Waals surface area contributed by atoms with Gasteiger partial charge in [0.1, 0.15) is 12.4 Å². The Bertz CT molecular complexity index is 813. The molecule has 2 aromatic rings. The van der Waals surface area contributed by atoms with E-state index in [1.807, 2.05) is 6.07 Å². The fourth-order valence-corrected chi connectivity index (χ4v) is 2.90. The van der Waals surface area contributed by atoms with Gasteiger partial charge in [-0.25, -0.2) is 5.43 Å². The van der Waals surface area contributed by atoms with Crippen molar-refractivity contribution in [2.45, 2.75) is 6.10 Å². The summed E-state index contributed by atoms with van der Waals surface area (Å²) in [7, 11) is 0. The Morgan fingerprint density at radius 3 is 2.92 bits per heavy atom. The lowest BCUT2D eigenvalue weighted by atomic mass is 10.2. The van der Waals surface area contributed by atoms with Gasteiger partial charge >= 0.3 is 0 Å². The summed E-state index contributed by atoms with van der Waals surface area (Å²) < 4.78 is 11.7. The van der Waals surface area contributed by atoms with Crippen molar-refractivity contribution in [1.29, 1.82) is 0 Å². The van der Waals surface area contributed by atoms with Crippen LogP contribution in [0.4, 0.5) is 0 Å². The molecule has 2 N–H and O–H groups in total. The van der Waals surface area contributed by atoms with Crippen LogP contribution in [0.1, 0.15) is 5.56 Å². The molecule has 2 aromatic carbocycles. The smallest absolute Gasteiger partial charge is 0.284 e. The van der Waals surface area contributed by atoms with Crippen LogP contribution in [0.5, 0.6) is 17.2 Å². The molecule has 0 aliphatic carbocycles. The van der Waals surface area contributed by atoms with Crippen LogP contribution < -0.4 is 14.9 Å². The predicted octanol–water partition coefficient (Wildman–Crippen LogP) is 3.10. The Balaban J connectivity index is 1.64. The number of nitrogens with zero attached hydrogens (tertiary/aromatic N) is 1. The zero-order valence-electron chi connectivity index (χ0n) is 12.2. The molecule has 0 unspecified atom stereocenters. The van der Waals surface area contributed by atoms with Crippen LogP contribution in [-0.2, 0) is 4.79 Å². The van der Waals surface area contributed by atoms with E-state index in [4.69, 9.17) is 21.1 Å². The third kappa shape index (κ3) is 3.63. The summed E-state index contributed by atoms with van der Waals surface area (Å²) >= 11 is 9.13. The van der Waals surface area contributed by atoms with Gasteiger partial charge in [-0.15, -0.1) is 0 Å². The number of phenols is 1. The molecule has 3 rings (SSSR count). The molecule has 0 bridgehead atoms. The zero-order chi connectivity index (χ0) is 17.1. The summed E-state index contributed by atoms with van der Waals surface area (Å²) in [5.41, 5.74) is 2.72. The van der Waals surface area contributed by atoms with E-state index < -0.39 is 12.0 Å². The standard InChI is InChI=1S/C16H12BrClN2O4/c17-10-5-9(15(21)11(18)6-10)7-19-20-16(22)14-8-23-12-3-1-2-4-13(12)24-14/h1-7,14,21H,8H2,(H,20,22)/b19-7+/t14-/m1/s1. The van der Waals surface area contributed by atoms with Gasteiger partial charge in [-0.2, -0.15) is 5.10 Å². The Kier molecular flexibility index (Phi) is 4.92. The van der Waals surface area contributed by atoms with E-state index in [0.29, 0.717) is 21.5 Å². The minimum atomic E-state index is -0.809. The zero-order valence-corrected chi connectivity index (χ0v) is 14.5. The maximum atomic E-state index is 12.1. The monoisotopic (exact) mass is 410 g/mol. The second-order valence-electron chi connectivity index (χ2n) is 4.92. The van der Waals surface area contributed by atoms with Crippen molar-refractivity contribution >= 4 is 39.7 Å². The molecular formula is C16H12BrClN2O4. The van der Waals surface area contributed by atoms with Gasteiger partial charge in [-0.05, 0) is 24.3 Å². The van der Waals surface area contributed by atoms with Crippen molar-refractivity contribution in [3.8, 4) is 17.2 Å². The summed E-state index contributed by atoms with van der Waals surface area (Å²) in [5, 5.41) is 13.8. The first-order valence-electron chi connectivity index (χ1n) is 6.94. The number of benzene rings is 2. The molecule has 1 aliphatic rings. The number of carbonyl (C=O) groups excluding carboxylic acids is 1. The molecule has 0 aromatic heterocycles. The van der Waals surface area contributed by atoms with Crippen LogP contribution in [-0.4, -0.2) is 29.9 Å². The number of aromatic hydroxyl groups is 1. The maximum Gasteiger partial charge on any atom is 0.284 e. The van der Waals surface area contributed by atoms with Crippen molar-refractivity contribution < 1.29 is 19.4 Å². The van der Waals surface area contributed by atoms with E-state index in [1.165, 1.54) is 6.21 Å². The van der Waals surface area contributed by atoms with Gasteiger partial charge < -0.3 is 14.6 Å². The minimum Gasteiger partial charge on any atom is -0.506 e. The number of amides is 1. The van der Waals surface area contributed by atoms with Gasteiger partial charge in [0.25, 0.3) is 5.91 Å². The quantitative estimate of drug-likeness (QED) is 0.601. The molecule has 1 heterocycles. The van der Waals surface area contributed by atoms with E-state index in [-0.39, 0.29) is 17.4 Å². The molecule has 1 aliphatic heterocycles. The minimum absolute atomic E-state index is 0.0896. The Morgan fingerprint density at radius 1 is 1.38 bits per heavy atom.